The van der Waals surface area contributed by atoms with Gasteiger partial charge in [0.1, 0.15) is 0 Å². The quantitative estimate of drug-likeness (QED) is 0.620. The lowest BCUT2D eigenvalue weighted by molar-refractivity contribution is -0.113. The van der Waals surface area contributed by atoms with Gasteiger partial charge in [-0.1, -0.05) is 42.5 Å². The molecule has 0 radical (unpaired) electrons. The second-order valence-electron chi connectivity index (χ2n) is 6.96. The predicted molar refractivity (Wildman–Crippen MR) is 120 cm³/mol. The van der Waals surface area contributed by atoms with E-state index < -0.39 is 0 Å². The summed E-state index contributed by atoms with van der Waals surface area (Å²) in [6.07, 6.45) is 0.841. The summed E-state index contributed by atoms with van der Waals surface area (Å²) in [5, 5.41) is 4.91. The van der Waals surface area contributed by atoms with Gasteiger partial charge in [-0.05, 0) is 46.7 Å². The third kappa shape index (κ3) is 5.08. The van der Waals surface area contributed by atoms with Gasteiger partial charge in [0.15, 0.2) is 0 Å². The minimum absolute atomic E-state index is 0.00629. The van der Waals surface area contributed by atoms with Crippen molar-refractivity contribution in [3.8, 4) is 0 Å². The van der Waals surface area contributed by atoms with Crippen molar-refractivity contribution in [1.82, 2.24) is 4.90 Å². The number of nitrogens with zero attached hydrogens (tertiary/aromatic N) is 1. The second kappa shape index (κ2) is 9.29. The molecule has 1 N–H and O–H groups in total. The third-order valence-electron chi connectivity index (χ3n) is 4.87. The Labute approximate surface area is 178 Å². The van der Waals surface area contributed by atoms with Gasteiger partial charge in [-0.3, -0.25) is 9.59 Å². The number of benzene rings is 2. The topological polar surface area (TPSA) is 49.4 Å². The van der Waals surface area contributed by atoms with Gasteiger partial charge in [0.2, 0.25) is 5.91 Å². The average Bonchev–Trinajstić information content (AvgIpc) is 3.28. The number of thioether (sulfide) groups is 1. The highest BCUT2D eigenvalue weighted by Gasteiger charge is 2.22. The van der Waals surface area contributed by atoms with Crippen LogP contribution >= 0.6 is 23.1 Å². The van der Waals surface area contributed by atoms with E-state index in [-0.39, 0.29) is 11.8 Å². The third-order valence-corrected chi connectivity index (χ3v) is 6.73. The maximum atomic E-state index is 12.6. The molecule has 6 heteroatoms. The van der Waals surface area contributed by atoms with Crippen molar-refractivity contribution in [3.63, 3.8) is 0 Å². The highest BCUT2D eigenvalue weighted by atomic mass is 32.2. The number of rotatable bonds is 6. The van der Waals surface area contributed by atoms with Gasteiger partial charge < -0.3 is 10.2 Å². The van der Waals surface area contributed by atoms with Crippen LogP contribution in [0.1, 0.15) is 26.4 Å². The molecule has 4 rings (SSSR count). The van der Waals surface area contributed by atoms with Crippen LogP contribution in [-0.4, -0.2) is 29.0 Å². The summed E-state index contributed by atoms with van der Waals surface area (Å²) in [5.41, 5.74) is 4.36. The number of hydrogen-bond donors (Lipinski definition) is 1. The van der Waals surface area contributed by atoms with Gasteiger partial charge in [-0.15, -0.1) is 23.1 Å². The van der Waals surface area contributed by atoms with E-state index in [1.807, 2.05) is 52.7 Å². The normalized spacial score (nSPS) is 13.0. The van der Waals surface area contributed by atoms with Crippen LogP contribution in [0, 0.1) is 0 Å². The Morgan fingerprint density at radius 2 is 1.90 bits per heavy atom. The summed E-state index contributed by atoms with van der Waals surface area (Å²) < 4.78 is 0. The minimum Gasteiger partial charge on any atom is -0.333 e. The van der Waals surface area contributed by atoms with Crippen molar-refractivity contribution in [1.29, 1.82) is 0 Å². The van der Waals surface area contributed by atoms with Gasteiger partial charge in [0.25, 0.3) is 5.91 Å². The van der Waals surface area contributed by atoms with E-state index in [0.29, 0.717) is 12.3 Å². The van der Waals surface area contributed by atoms with Gasteiger partial charge in [0, 0.05) is 24.5 Å². The van der Waals surface area contributed by atoms with E-state index >= 15 is 0 Å². The second-order valence-corrected chi connectivity index (χ2v) is 8.90. The molecule has 0 atom stereocenters. The van der Waals surface area contributed by atoms with Gasteiger partial charge in [-0.2, -0.15) is 0 Å². The molecule has 0 saturated heterocycles. The zero-order chi connectivity index (χ0) is 20.1. The van der Waals surface area contributed by atoms with E-state index in [2.05, 4.69) is 23.5 Å². The van der Waals surface area contributed by atoms with Crippen LogP contribution in [0.15, 0.2) is 66.0 Å². The molecule has 2 aromatic carbocycles. The Bertz CT molecular complexity index is 987. The summed E-state index contributed by atoms with van der Waals surface area (Å²) in [6.45, 7) is 1.31. The van der Waals surface area contributed by atoms with Crippen molar-refractivity contribution < 1.29 is 9.59 Å². The molecule has 0 unspecified atom stereocenters. The molecule has 0 fully saturated rings. The Kier molecular flexibility index (Phi) is 6.32. The largest absolute Gasteiger partial charge is 0.333 e. The molecule has 148 valence electrons. The van der Waals surface area contributed by atoms with Crippen LogP contribution in [0.25, 0.3) is 0 Å². The molecule has 1 aliphatic rings. The van der Waals surface area contributed by atoms with E-state index in [0.717, 1.165) is 34.8 Å². The standard InChI is InChI=1S/C23H22N2O2S2/c26-22(16-28-15-17-5-2-1-3-6-17)24-20-9-8-18-10-11-25(14-19(18)13-20)23(27)21-7-4-12-29-21/h1-9,12-13H,10-11,14-16H2,(H,24,26). The Morgan fingerprint density at radius 3 is 2.69 bits per heavy atom. The Hall–Kier alpha value is -2.57. The van der Waals surface area contributed by atoms with E-state index in [1.54, 1.807) is 11.8 Å². The van der Waals surface area contributed by atoms with Crippen LogP contribution in [0.4, 0.5) is 5.69 Å². The predicted octanol–water partition coefficient (Wildman–Crippen LogP) is 4.82. The zero-order valence-electron chi connectivity index (χ0n) is 16.0. The molecular weight excluding hydrogens is 400 g/mol. The molecule has 0 spiro atoms. The molecule has 0 saturated carbocycles. The molecule has 29 heavy (non-hydrogen) atoms. The van der Waals surface area contributed by atoms with Gasteiger partial charge in [-0.25, -0.2) is 0 Å². The van der Waals surface area contributed by atoms with Crippen molar-refractivity contribution in [3.05, 3.63) is 87.6 Å². The van der Waals surface area contributed by atoms with Gasteiger partial charge >= 0.3 is 0 Å². The fourth-order valence-corrected chi connectivity index (χ4v) is 4.88. The van der Waals surface area contributed by atoms with Crippen LogP contribution in [0.2, 0.25) is 0 Å². The molecular formula is C23H22N2O2S2. The maximum absolute atomic E-state index is 12.6. The van der Waals surface area contributed by atoms with Crippen LogP contribution in [0.3, 0.4) is 0 Å². The monoisotopic (exact) mass is 422 g/mol. The van der Waals surface area contributed by atoms with Crippen molar-refractivity contribution in [2.45, 2.75) is 18.7 Å². The fourth-order valence-electron chi connectivity index (χ4n) is 3.40. The minimum atomic E-state index is -0.00629. The summed E-state index contributed by atoms with van der Waals surface area (Å²) in [5.74, 6) is 1.30. The number of amides is 2. The van der Waals surface area contributed by atoms with E-state index in [9.17, 15) is 9.59 Å². The first kappa shape index (κ1) is 19.7. The Balaban J connectivity index is 1.33. The first-order valence-electron chi connectivity index (χ1n) is 9.55. The number of anilines is 1. The average molecular weight is 423 g/mol. The molecule has 0 aliphatic carbocycles. The highest BCUT2D eigenvalue weighted by Crippen LogP contribution is 2.25. The molecule has 2 heterocycles. The number of carbonyl (C=O) groups excluding carboxylic acids is 2. The highest BCUT2D eigenvalue weighted by molar-refractivity contribution is 7.99. The van der Waals surface area contributed by atoms with Crippen molar-refractivity contribution in [2.24, 2.45) is 0 Å². The number of nitrogens with one attached hydrogen (secondary N) is 1. The SMILES string of the molecule is O=C(CSCc1ccccc1)Nc1ccc2c(c1)CN(C(=O)c1cccs1)CC2. The smallest absolute Gasteiger partial charge is 0.264 e. The summed E-state index contributed by atoms with van der Waals surface area (Å²) in [7, 11) is 0. The molecule has 2 amide bonds. The number of fused-ring (bicyclic) bond motifs is 1. The molecule has 1 aromatic heterocycles. The summed E-state index contributed by atoms with van der Waals surface area (Å²) >= 11 is 3.07. The molecule has 3 aromatic rings. The summed E-state index contributed by atoms with van der Waals surface area (Å²) in [6, 6.07) is 19.9. The molecule has 0 bridgehead atoms. The number of hydrogen-bond acceptors (Lipinski definition) is 4. The van der Waals surface area contributed by atoms with Crippen LogP contribution in [0.5, 0.6) is 0 Å². The lowest BCUT2D eigenvalue weighted by Crippen LogP contribution is -2.35. The number of thiophene rings is 1. The zero-order valence-corrected chi connectivity index (χ0v) is 17.6. The van der Waals surface area contributed by atoms with E-state index in [4.69, 9.17) is 0 Å². The maximum Gasteiger partial charge on any atom is 0.264 e. The van der Waals surface area contributed by atoms with E-state index in [1.165, 1.54) is 22.5 Å². The van der Waals surface area contributed by atoms with Gasteiger partial charge in [0.05, 0.1) is 10.6 Å². The molecule has 4 nitrogen and oxygen atoms in total. The lowest BCUT2D eigenvalue weighted by atomic mass is 9.99. The van der Waals surface area contributed by atoms with Crippen molar-refractivity contribution >= 4 is 40.6 Å². The first-order valence-corrected chi connectivity index (χ1v) is 11.6. The van der Waals surface area contributed by atoms with Crippen molar-refractivity contribution in [2.75, 3.05) is 17.6 Å². The number of carbonyl (C=O) groups is 2. The molecule has 1 aliphatic heterocycles. The van der Waals surface area contributed by atoms with Crippen LogP contribution < -0.4 is 5.32 Å². The summed E-state index contributed by atoms with van der Waals surface area (Å²) in [4.78, 5) is 27.6. The first-order chi connectivity index (χ1) is 14.2. The fraction of sp³-hybridized carbons (Fsp3) is 0.217. The Morgan fingerprint density at radius 1 is 1.03 bits per heavy atom. The van der Waals surface area contributed by atoms with Crippen LogP contribution in [-0.2, 0) is 23.5 Å². The lowest BCUT2D eigenvalue weighted by Gasteiger charge is -2.29.